The molecule has 39 heavy (non-hydrogen) atoms. The van der Waals surface area contributed by atoms with E-state index in [0.717, 1.165) is 50.5 Å². The van der Waals surface area contributed by atoms with Crippen molar-refractivity contribution in [1.82, 2.24) is 0 Å². The average Bonchev–Trinajstić information content (AvgIpc) is 3.24. The molecule has 2 N–H and O–H groups in total. The topological polar surface area (TPSA) is 49.7 Å². The van der Waals surface area contributed by atoms with Gasteiger partial charge in [-0.2, -0.15) is 13.2 Å². The van der Waals surface area contributed by atoms with Gasteiger partial charge in [0.2, 0.25) is 0 Å². The molecule has 0 aromatic rings. The number of unbranched alkanes of at least 4 members (excludes halogenated alkanes) is 2. The molecular formula is C33H57F3O3. The summed E-state index contributed by atoms with van der Waals surface area (Å²) in [7, 11) is 1.77. The lowest BCUT2D eigenvalue weighted by atomic mass is 9.43. The Labute approximate surface area is 236 Å². The molecule has 0 saturated heterocycles. The molecule has 228 valence electrons. The van der Waals surface area contributed by atoms with Gasteiger partial charge >= 0.3 is 6.18 Å². The number of fused-ring (bicyclic) bond motifs is 5. The van der Waals surface area contributed by atoms with Crippen LogP contribution in [0, 0.1) is 52.3 Å². The van der Waals surface area contributed by atoms with Crippen LogP contribution in [-0.4, -0.2) is 42.3 Å². The van der Waals surface area contributed by atoms with Crippen LogP contribution in [0.15, 0.2) is 0 Å². The van der Waals surface area contributed by atoms with Crippen LogP contribution < -0.4 is 0 Å². The Morgan fingerprint density at radius 1 is 0.846 bits per heavy atom. The number of aliphatic hydroxyl groups excluding tert-OH is 1. The first-order chi connectivity index (χ1) is 18.4. The van der Waals surface area contributed by atoms with Crippen molar-refractivity contribution in [2.45, 2.75) is 135 Å². The number of methoxy groups -OCH3 is 1. The molecule has 4 aliphatic rings. The molecule has 4 saturated carbocycles. The minimum absolute atomic E-state index is 0.00766. The van der Waals surface area contributed by atoms with E-state index < -0.39 is 11.8 Å². The average molecular weight is 559 g/mol. The lowest BCUT2D eigenvalue weighted by Gasteiger charge is -2.62. The summed E-state index contributed by atoms with van der Waals surface area (Å²) >= 11 is 0. The first-order valence-electron chi connectivity index (χ1n) is 16.3. The molecule has 0 bridgehead atoms. The van der Waals surface area contributed by atoms with Crippen LogP contribution in [0.4, 0.5) is 13.2 Å². The Balaban J connectivity index is 1.30. The number of rotatable bonds is 12. The van der Waals surface area contributed by atoms with Gasteiger partial charge in [-0.25, -0.2) is 0 Å². The van der Waals surface area contributed by atoms with Gasteiger partial charge in [-0.15, -0.1) is 0 Å². The molecule has 6 heteroatoms. The lowest BCUT2D eigenvalue weighted by molar-refractivity contribution is -0.290. The SMILES string of the molecule is COCC(CCCO)CCCCC[C@@H](C)[C@H]1CC[C@H]2[C@@H]3CC[C@H]4C[C@](O)(C(F)(F)F)CC[C@]4(C)[C@H]3CC[C@]12C. The van der Waals surface area contributed by atoms with Gasteiger partial charge in [0.1, 0.15) is 0 Å². The van der Waals surface area contributed by atoms with Crippen molar-refractivity contribution in [2.75, 3.05) is 20.3 Å². The fraction of sp³-hybridized carbons (Fsp3) is 1.00. The number of hydrogen-bond acceptors (Lipinski definition) is 3. The van der Waals surface area contributed by atoms with Gasteiger partial charge in [0, 0.05) is 20.3 Å². The third kappa shape index (κ3) is 6.24. The van der Waals surface area contributed by atoms with Crippen LogP contribution in [0.3, 0.4) is 0 Å². The highest BCUT2D eigenvalue weighted by atomic mass is 19.4. The van der Waals surface area contributed by atoms with Crippen molar-refractivity contribution < 1.29 is 28.1 Å². The maximum absolute atomic E-state index is 13.7. The molecule has 0 aliphatic heterocycles. The van der Waals surface area contributed by atoms with E-state index in [0.29, 0.717) is 35.5 Å². The van der Waals surface area contributed by atoms with E-state index in [-0.39, 0.29) is 30.8 Å². The van der Waals surface area contributed by atoms with Crippen molar-refractivity contribution in [3.63, 3.8) is 0 Å². The van der Waals surface area contributed by atoms with Gasteiger partial charge in [-0.3, -0.25) is 0 Å². The summed E-state index contributed by atoms with van der Waals surface area (Å²) in [5, 5.41) is 19.6. The van der Waals surface area contributed by atoms with Crippen molar-refractivity contribution >= 4 is 0 Å². The minimum Gasteiger partial charge on any atom is -0.396 e. The molecule has 0 aromatic heterocycles. The standard InChI is InChI=1S/C33H57F3O3/c1-23(9-6-5-7-10-24(22-39-4)11-8-20-37)27-14-15-28-26-13-12-25-21-32(38,33(34,35)36)19-18-30(25,2)29(26)16-17-31(27,28)3/h23-29,37-38H,5-22H2,1-4H3/t23-,24?,25+,26+,27-,28+,29+,30+,31-,32+/m1/s1. The number of aliphatic hydroxyl groups is 2. The van der Waals surface area contributed by atoms with E-state index in [4.69, 9.17) is 9.84 Å². The zero-order chi connectivity index (χ0) is 28.5. The molecule has 4 aliphatic carbocycles. The summed E-state index contributed by atoms with van der Waals surface area (Å²) in [5.74, 6) is 3.93. The second-order valence-corrected chi connectivity index (χ2v) is 14.9. The molecule has 4 rings (SSSR count). The van der Waals surface area contributed by atoms with Crippen LogP contribution in [0.2, 0.25) is 0 Å². The highest BCUT2D eigenvalue weighted by Gasteiger charge is 2.65. The normalized spacial score (nSPS) is 41.9. The maximum Gasteiger partial charge on any atom is 0.417 e. The molecule has 0 amide bonds. The van der Waals surface area contributed by atoms with Crippen LogP contribution >= 0.6 is 0 Å². The van der Waals surface area contributed by atoms with Crippen LogP contribution in [0.5, 0.6) is 0 Å². The maximum atomic E-state index is 13.7. The van der Waals surface area contributed by atoms with Gasteiger partial charge in [-0.05, 0) is 129 Å². The van der Waals surface area contributed by atoms with E-state index in [1.165, 1.54) is 51.4 Å². The van der Waals surface area contributed by atoms with Gasteiger partial charge < -0.3 is 14.9 Å². The fourth-order valence-corrected chi connectivity index (χ4v) is 10.7. The second kappa shape index (κ2) is 12.5. The Hall–Kier alpha value is -0.330. The van der Waals surface area contributed by atoms with Crippen LogP contribution in [0.1, 0.15) is 124 Å². The summed E-state index contributed by atoms with van der Waals surface area (Å²) in [5.41, 5.74) is -2.16. The van der Waals surface area contributed by atoms with Gasteiger partial charge in [-0.1, -0.05) is 46.5 Å². The summed E-state index contributed by atoms with van der Waals surface area (Å²) in [6.45, 7) is 8.39. The molecule has 0 spiro atoms. The highest BCUT2D eigenvalue weighted by Crippen LogP contribution is 2.69. The van der Waals surface area contributed by atoms with Crippen molar-refractivity contribution in [3.8, 4) is 0 Å². The zero-order valence-electron chi connectivity index (χ0n) is 25.2. The number of ether oxygens (including phenoxy) is 1. The molecular weight excluding hydrogens is 501 g/mol. The van der Waals surface area contributed by atoms with Crippen LogP contribution in [-0.2, 0) is 4.74 Å². The van der Waals surface area contributed by atoms with Crippen LogP contribution in [0.25, 0.3) is 0 Å². The predicted molar refractivity (Wildman–Crippen MR) is 150 cm³/mol. The monoisotopic (exact) mass is 558 g/mol. The minimum atomic E-state index is -4.52. The Morgan fingerprint density at radius 2 is 1.54 bits per heavy atom. The zero-order valence-corrected chi connectivity index (χ0v) is 25.2. The molecule has 10 atom stereocenters. The molecule has 4 fully saturated rings. The quantitative estimate of drug-likeness (QED) is 0.236. The van der Waals surface area contributed by atoms with Crippen molar-refractivity contribution in [3.05, 3.63) is 0 Å². The third-order valence-corrected chi connectivity index (χ3v) is 13.0. The molecule has 1 unspecified atom stereocenters. The van der Waals surface area contributed by atoms with Gasteiger partial charge in [0.05, 0.1) is 0 Å². The highest BCUT2D eigenvalue weighted by molar-refractivity contribution is 5.11. The summed E-state index contributed by atoms with van der Waals surface area (Å²) < 4.78 is 46.4. The first kappa shape index (κ1) is 31.6. The van der Waals surface area contributed by atoms with Crippen molar-refractivity contribution in [2.24, 2.45) is 52.3 Å². The van der Waals surface area contributed by atoms with E-state index >= 15 is 0 Å². The fourth-order valence-electron chi connectivity index (χ4n) is 10.7. The summed E-state index contributed by atoms with van der Waals surface area (Å²) in [6.07, 6.45) is 10.9. The summed E-state index contributed by atoms with van der Waals surface area (Å²) in [4.78, 5) is 0. The second-order valence-electron chi connectivity index (χ2n) is 14.9. The van der Waals surface area contributed by atoms with Crippen molar-refractivity contribution in [1.29, 1.82) is 0 Å². The largest absolute Gasteiger partial charge is 0.417 e. The Kier molecular flexibility index (Phi) is 10.1. The Bertz CT molecular complexity index is 789. The number of hydrogen-bond donors (Lipinski definition) is 2. The molecule has 3 nitrogen and oxygen atoms in total. The Morgan fingerprint density at radius 3 is 2.23 bits per heavy atom. The molecule has 0 radical (unpaired) electrons. The third-order valence-electron chi connectivity index (χ3n) is 13.0. The first-order valence-corrected chi connectivity index (χ1v) is 16.3. The summed E-state index contributed by atoms with van der Waals surface area (Å²) in [6, 6.07) is 0. The van der Waals surface area contributed by atoms with E-state index in [1.54, 1.807) is 7.11 Å². The van der Waals surface area contributed by atoms with E-state index in [1.807, 2.05) is 0 Å². The smallest absolute Gasteiger partial charge is 0.396 e. The molecule has 0 aromatic carbocycles. The van der Waals surface area contributed by atoms with Gasteiger partial charge in [0.25, 0.3) is 0 Å². The van der Waals surface area contributed by atoms with E-state index in [9.17, 15) is 18.3 Å². The number of halogens is 3. The predicted octanol–water partition coefficient (Wildman–Crippen LogP) is 8.56. The number of alkyl halides is 3. The molecule has 0 heterocycles. The van der Waals surface area contributed by atoms with Gasteiger partial charge in [0.15, 0.2) is 5.60 Å². The van der Waals surface area contributed by atoms with E-state index in [2.05, 4.69) is 20.8 Å². The lowest BCUT2D eigenvalue weighted by Crippen LogP contribution is -2.59.